The quantitative estimate of drug-likeness (QED) is 0.457. The highest BCUT2D eigenvalue weighted by atomic mass is 19.1. The number of pyridine rings is 1. The lowest BCUT2D eigenvalue weighted by Crippen LogP contribution is -2.10. The Bertz CT molecular complexity index is 1150. The Labute approximate surface area is 165 Å². The summed E-state index contributed by atoms with van der Waals surface area (Å²) in [4.78, 5) is 16.6. The third kappa shape index (κ3) is 3.80. The molecule has 0 bridgehead atoms. The van der Waals surface area contributed by atoms with Crippen molar-refractivity contribution in [1.82, 2.24) is 15.2 Å². The average molecular weight is 391 g/mol. The third-order valence-corrected chi connectivity index (χ3v) is 4.56. The number of nitrogens with zero attached hydrogens (tertiary/aromatic N) is 3. The van der Waals surface area contributed by atoms with E-state index in [1.165, 1.54) is 12.5 Å². The average Bonchev–Trinajstić information content (AvgIpc) is 3.24. The van der Waals surface area contributed by atoms with Gasteiger partial charge in [0.25, 0.3) is 0 Å². The molecule has 0 radical (unpaired) electrons. The van der Waals surface area contributed by atoms with Gasteiger partial charge < -0.3 is 4.42 Å². The summed E-state index contributed by atoms with van der Waals surface area (Å²) in [6, 6.07) is 12.6. The number of ketones is 1. The van der Waals surface area contributed by atoms with E-state index < -0.39 is 23.0 Å². The van der Waals surface area contributed by atoms with Crippen molar-refractivity contribution in [2.45, 2.75) is 13.3 Å². The summed E-state index contributed by atoms with van der Waals surface area (Å²) in [5.74, 6) is -2.00. The van der Waals surface area contributed by atoms with Crippen molar-refractivity contribution in [2.24, 2.45) is 0 Å². The zero-order valence-corrected chi connectivity index (χ0v) is 15.4. The number of hydrogen-bond donors (Lipinski definition) is 0. The van der Waals surface area contributed by atoms with Crippen molar-refractivity contribution in [2.75, 3.05) is 0 Å². The van der Waals surface area contributed by atoms with Gasteiger partial charge in [-0.05, 0) is 48.4 Å². The van der Waals surface area contributed by atoms with Crippen LogP contribution in [0.4, 0.5) is 8.78 Å². The molecule has 0 fully saturated rings. The number of carbonyl (C=O) groups excluding carboxylic acids is 1. The lowest BCUT2D eigenvalue weighted by molar-refractivity contribution is 0.0984. The number of hydrogen-bond acceptors (Lipinski definition) is 5. The van der Waals surface area contributed by atoms with Crippen LogP contribution in [0.2, 0.25) is 0 Å². The maximum Gasteiger partial charge on any atom is 0.247 e. The summed E-state index contributed by atoms with van der Waals surface area (Å²) >= 11 is 0. The van der Waals surface area contributed by atoms with Gasteiger partial charge in [0, 0.05) is 23.0 Å². The van der Waals surface area contributed by atoms with Gasteiger partial charge in [0.1, 0.15) is 11.6 Å². The monoisotopic (exact) mass is 391 g/mol. The fourth-order valence-corrected chi connectivity index (χ4v) is 3.07. The molecule has 4 aromatic rings. The van der Waals surface area contributed by atoms with E-state index in [0.29, 0.717) is 11.6 Å². The summed E-state index contributed by atoms with van der Waals surface area (Å²) in [5, 5.41) is 7.60. The van der Waals surface area contributed by atoms with E-state index >= 15 is 0 Å². The zero-order chi connectivity index (χ0) is 20.4. The van der Waals surface area contributed by atoms with Crippen LogP contribution >= 0.6 is 0 Å². The minimum absolute atomic E-state index is 0.195. The van der Waals surface area contributed by atoms with Crippen molar-refractivity contribution in [3.8, 4) is 22.6 Å². The van der Waals surface area contributed by atoms with Gasteiger partial charge in [-0.3, -0.25) is 9.78 Å². The second-order valence-electron chi connectivity index (χ2n) is 6.51. The molecule has 0 N–H and O–H groups in total. The SMILES string of the molecule is Cc1ccc(-c2nnco2)cc1-c1ccc(CC(=O)c2c(F)cccc2F)nc1. The van der Waals surface area contributed by atoms with Gasteiger partial charge in [-0.1, -0.05) is 18.2 Å². The van der Waals surface area contributed by atoms with E-state index in [0.717, 1.165) is 34.4 Å². The molecule has 4 rings (SSSR count). The van der Waals surface area contributed by atoms with E-state index in [1.54, 1.807) is 12.3 Å². The Balaban J connectivity index is 1.59. The van der Waals surface area contributed by atoms with Crippen LogP contribution in [-0.4, -0.2) is 21.0 Å². The Morgan fingerprint density at radius 2 is 1.79 bits per heavy atom. The molecule has 2 aromatic heterocycles. The van der Waals surface area contributed by atoms with Crippen LogP contribution in [0.5, 0.6) is 0 Å². The molecule has 2 aromatic carbocycles. The van der Waals surface area contributed by atoms with Crippen molar-refractivity contribution in [3.63, 3.8) is 0 Å². The maximum atomic E-state index is 13.8. The number of Topliss-reactive ketones (excluding diaryl/α,β-unsaturated/α-hetero) is 1. The number of halogens is 2. The van der Waals surface area contributed by atoms with Gasteiger partial charge in [0.2, 0.25) is 12.3 Å². The Morgan fingerprint density at radius 3 is 2.45 bits per heavy atom. The number of aryl methyl sites for hydroxylation is 1. The van der Waals surface area contributed by atoms with E-state index in [1.807, 2.05) is 31.2 Å². The number of rotatable bonds is 5. The molecule has 0 aliphatic carbocycles. The number of aromatic nitrogens is 3. The predicted molar refractivity (Wildman–Crippen MR) is 102 cm³/mol. The molecule has 0 unspecified atom stereocenters. The third-order valence-electron chi connectivity index (χ3n) is 4.56. The Kier molecular flexibility index (Phi) is 4.95. The van der Waals surface area contributed by atoms with Crippen LogP contribution in [0.25, 0.3) is 22.6 Å². The molecule has 0 amide bonds. The van der Waals surface area contributed by atoms with Gasteiger partial charge in [0.05, 0.1) is 12.0 Å². The molecule has 0 saturated carbocycles. The Morgan fingerprint density at radius 1 is 1.03 bits per heavy atom. The molecule has 7 heteroatoms. The number of carbonyl (C=O) groups is 1. The molecule has 29 heavy (non-hydrogen) atoms. The van der Waals surface area contributed by atoms with Gasteiger partial charge in [-0.2, -0.15) is 0 Å². The highest BCUT2D eigenvalue weighted by Crippen LogP contribution is 2.28. The normalized spacial score (nSPS) is 10.9. The molecule has 0 atom stereocenters. The van der Waals surface area contributed by atoms with E-state index in [-0.39, 0.29) is 6.42 Å². The first-order chi connectivity index (χ1) is 14.0. The van der Waals surface area contributed by atoms with Crippen LogP contribution in [0, 0.1) is 18.6 Å². The highest BCUT2D eigenvalue weighted by molar-refractivity contribution is 5.97. The van der Waals surface area contributed by atoms with Crippen LogP contribution in [0.1, 0.15) is 21.6 Å². The second kappa shape index (κ2) is 7.71. The summed E-state index contributed by atoms with van der Waals surface area (Å²) in [5.41, 5.74) is 3.43. The standard InChI is InChI=1S/C22H15F2N3O2/c1-13-5-6-14(22-27-26-12-29-22)9-17(13)15-7-8-16(25-11-15)10-20(28)21-18(23)3-2-4-19(21)24/h2-9,11-12H,10H2,1H3. The van der Waals surface area contributed by atoms with Crippen LogP contribution in [0.15, 0.2) is 65.5 Å². The van der Waals surface area contributed by atoms with Crippen molar-refractivity contribution >= 4 is 5.78 Å². The summed E-state index contributed by atoms with van der Waals surface area (Å²) in [6.07, 6.45) is 2.69. The van der Waals surface area contributed by atoms with E-state index in [2.05, 4.69) is 15.2 Å². The fraction of sp³-hybridized carbons (Fsp3) is 0.0909. The van der Waals surface area contributed by atoms with E-state index in [9.17, 15) is 13.6 Å². The molecule has 144 valence electrons. The lowest BCUT2D eigenvalue weighted by Gasteiger charge is -2.09. The molecule has 0 aliphatic heterocycles. The number of benzene rings is 2. The second-order valence-corrected chi connectivity index (χ2v) is 6.51. The topological polar surface area (TPSA) is 68.9 Å². The molecule has 5 nitrogen and oxygen atoms in total. The van der Waals surface area contributed by atoms with Gasteiger partial charge in [-0.15, -0.1) is 10.2 Å². The molecule has 0 saturated heterocycles. The fourth-order valence-electron chi connectivity index (χ4n) is 3.07. The smallest absolute Gasteiger partial charge is 0.247 e. The van der Waals surface area contributed by atoms with Crippen LogP contribution in [0.3, 0.4) is 0 Å². The highest BCUT2D eigenvalue weighted by Gasteiger charge is 2.18. The minimum Gasteiger partial charge on any atom is -0.423 e. The molecule has 0 aliphatic rings. The van der Waals surface area contributed by atoms with Gasteiger partial charge >= 0.3 is 0 Å². The maximum absolute atomic E-state index is 13.8. The van der Waals surface area contributed by atoms with Gasteiger partial charge in [0.15, 0.2) is 5.78 Å². The van der Waals surface area contributed by atoms with Gasteiger partial charge in [-0.25, -0.2) is 8.78 Å². The lowest BCUT2D eigenvalue weighted by atomic mass is 9.98. The Hall–Kier alpha value is -3.74. The first kappa shape index (κ1) is 18.6. The molecule has 0 spiro atoms. The molecule has 2 heterocycles. The van der Waals surface area contributed by atoms with Crippen molar-refractivity contribution < 1.29 is 18.0 Å². The zero-order valence-electron chi connectivity index (χ0n) is 15.4. The summed E-state index contributed by atoms with van der Waals surface area (Å²) < 4.78 is 32.8. The molecular formula is C22H15F2N3O2. The first-order valence-corrected chi connectivity index (χ1v) is 8.82. The van der Waals surface area contributed by atoms with E-state index in [4.69, 9.17) is 4.42 Å². The first-order valence-electron chi connectivity index (χ1n) is 8.82. The minimum atomic E-state index is -0.875. The van der Waals surface area contributed by atoms with Crippen molar-refractivity contribution in [3.05, 3.63) is 89.6 Å². The largest absolute Gasteiger partial charge is 0.423 e. The summed E-state index contributed by atoms with van der Waals surface area (Å²) in [7, 11) is 0. The summed E-state index contributed by atoms with van der Waals surface area (Å²) in [6.45, 7) is 1.96. The predicted octanol–water partition coefficient (Wildman–Crippen LogP) is 4.81. The van der Waals surface area contributed by atoms with Crippen molar-refractivity contribution in [1.29, 1.82) is 0 Å². The molecular weight excluding hydrogens is 376 g/mol. The van der Waals surface area contributed by atoms with Crippen LogP contribution < -0.4 is 0 Å². The van der Waals surface area contributed by atoms with Crippen LogP contribution in [-0.2, 0) is 6.42 Å².